The molecule has 0 bridgehead atoms. The maximum Gasteiger partial charge on any atom is 0.410 e. The lowest BCUT2D eigenvalue weighted by Gasteiger charge is -2.56. The molecule has 2 aromatic carbocycles. The highest BCUT2D eigenvalue weighted by atomic mass is 16.6. The molecule has 3 aromatic rings. The molecule has 0 spiro atoms. The van der Waals surface area contributed by atoms with E-state index in [4.69, 9.17) is 9.47 Å². The number of likely N-dealkylation sites (tertiary alicyclic amines) is 1. The van der Waals surface area contributed by atoms with Gasteiger partial charge in [-0.3, -0.25) is 4.98 Å². The van der Waals surface area contributed by atoms with Crippen molar-refractivity contribution in [2.45, 2.75) is 65.3 Å². The third-order valence-electron chi connectivity index (χ3n) is 6.98. The van der Waals surface area contributed by atoms with Crippen LogP contribution in [0.25, 0.3) is 0 Å². The van der Waals surface area contributed by atoms with E-state index in [1.807, 2.05) is 76.2 Å². The van der Waals surface area contributed by atoms with E-state index in [-0.39, 0.29) is 6.09 Å². The van der Waals surface area contributed by atoms with E-state index in [9.17, 15) is 9.90 Å². The van der Waals surface area contributed by atoms with Gasteiger partial charge in [-0.15, -0.1) is 0 Å². The molecular weight excluding hydrogens is 464 g/mol. The van der Waals surface area contributed by atoms with Crippen LogP contribution in [0.3, 0.4) is 0 Å². The monoisotopic (exact) mass is 502 g/mol. The van der Waals surface area contributed by atoms with Gasteiger partial charge in [0.15, 0.2) is 0 Å². The average Bonchev–Trinajstić information content (AvgIpc) is 2.84. The molecule has 1 saturated heterocycles. The van der Waals surface area contributed by atoms with Gasteiger partial charge in [0, 0.05) is 30.3 Å². The normalized spacial score (nSPS) is 16.6. The van der Waals surface area contributed by atoms with Gasteiger partial charge in [0.2, 0.25) is 0 Å². The van der Waals surface area contributed by atoms with Gasteiger partial charge in [-0.25, -0.2) is 4.79 Å². The summed E-state index contributed by atoms with van der Waals surface area (Å²) in [7, 11) is 0. The van der Waals surface area contributed by atoms with E-state index in [1.165, 1.54) is 5.56 Å². The molecule has 2 heterocycles. The second-order valence-electron chi connectivity index (χ2n) is 11.6. The van der Waals surface area contributed by atoms with Crippen LogP contribution in [-0.4, -0.2) is 39.8 Å². The van der Waals surface area contributed by atoms with E-state index >= 15 is 0 Å². The van der Waals surface area contributed by atoms with Crippen molar-refractivity contribution >= 4 is 6.09 Å². The summed E-state index contributed by atoms with van der Waals surface area (Å²) in [6.07, 6.45) is 2.97. The average molecular weight is 503 g/mol. The minimum absolute atomic E-state index is 0.347. The Morgan fingerprint density at radius 3 is 2.27 bits per heavy atom. The van der Waals surface area contributed by atoms with Gasteiger partial charge in [0.25, 0.3) is 0 Å². The molecule has 1 aliphatic rings. The summed E-state index contributed by atoms with van der Waals surface area (Å²) in [5, 5.41) is 12.5. The maximum absolute atomic E-state index is 12.7. The quantitative estimate of drug-likeness (QED) is 0.412. The molecule has 1 amide bonds. The fourth-order valence-electron chi connectivity index (χ4n) is 4.89. The van der Waals surface area contributed by atoms with E-state index in [1.54, 1.807) is 17.3 Å². The molecular formula is C31H38N2O4. The van der Waals surface area contributed by atoms with Crippen molar-refractivity contribution in [1.29, 1.82) is 0 Å². The Hall–Kier alpha value is -3.38. The number of hydrogen-bond acceptors (Lipinski definition) is 5. The molecule has 0 saturated carbocycles. The minimum Gasteiger partial charge on any atom is -0.487 e. The number of hydrogen-bond donors (Lipinski definition) is 1. The molecule has 1 N–H and O–H groups in total. The van der Waals surface area contributed by atoms with Crippen molar-refractivity contribution in [1.82, 2.24) is 9.88 Å². The Balaban J connectivity index is 1.66. The first-order valence-corrected chi connectivity index (χ1v) is 12.8. The lowest BCUT2D eigenvalue weighted by molar-refractivity contribution is -0.131. The summed E-state index contributed by atoms with van der Waals surface area (Å²) >= 11 is 0. The highest BCUT2D eigenvalue weighted by molar-refractivity contribution is 5.70. The molecule has 1 aliphatic heterocycles. The van der Waals surface area contributed by atoms with Crippen LogP contribution in [0, 0.1) is 5.41 Å². The maximum atomic E-state index is 12.7. The summed E-state index contributed by atoms with van der Waals surface area (Å²) in [5.74, 6) is 0.950. The predicted molar refractivity (Wildman–Crippen MR) is 144 cm³/mol. The fraction of sp³-hybridized carbons (Fsp3) is 0.419. The Morgan fingerprint density at radius 1 is 1.03 bits per heavy atom. The van der Waals surface area contributed by atoms with Crippen LogP contribution in [0.5, 0.6) is 5.75 Å². The van der Waals surface area contributed by atoms with Crippen LogP contribution < -0.4 is 4.74 Å². The number of aliphatic hydroxyl groups is 1. The Kier molecular flexibility index (Phi) is 7.33. The van der Waals surface area contributed by atoms with Crippen molar-refractivity contribution in [2.75, 3.05) is 13.1 Å². The molecule has 37 heavy (non-hydrogen) atoms. The SMILES string of the molecule is CC(C)c1ccc([C@](O)(c2cncc(OCc3ccccc3)c2)C2(C)CN(C(=O)OC(C)(C)C)C2)cc1. The van der Waals surface area contributed by atoms with Gasteiger partial charge in [-0.05, 0) is 49.4 Å². The summed E-state index contributed by atoms with van der Waals surface area (Å²) in [6.45, 7) is 12.9. The van der Waals surface area contributed by atoms with Crippen LogP contribution in [-0.2, 0) is 16.9 Å². The topological polar surface area (TPSA) is 71.9 Å². The Morgan fingerprint density at radius 2 is 1.68 bits per heavy atom. The number of benzene rings is 2. The number of amides is 1. The predicted octanol–water partition coefficient (Wildman–Crippen LogP) is 6.28. The summed E-state index contributed by atoms with van der Waals surface area (Å²) < 4.78 is 11.6. The number of carbonyl (C=O) groups is 1. The van der Waals surface area contributed by atoms with Crippen molar-refractivity contribution in [3.05, 3.63) is 95.3 Å². The number of pyridine rings is 1. The molecule has 6 nitrogen and oxygen atoms in total. The molecule has 1 aromatic heterocycles. The van der Waals surface area contributed by atoms with Crippen LogP contribution in [0.4, 0.5) is 4.79 Å². The molecule has 0 radical (unpaired) electrons. The summed E-state index contributed by atoms with van der Waals surface area (Å²) in [5.41, 5.74) is 0.973. The Labute approximate surface area is 220 Å². The lowest BCUT2D eigenvalue weighted by atomic mass is 9.62. The Bertz CT molecular complexity index is 1210. The van der Waals surface area contributed by atoms with Crippen LogP contribution in [0.1, 0.15) is 69.7 Å². The zero-order chi connectivity index (χ0) is 26.8. The fourth-order valence-corrected chi connectivity index (χ4v) is 4.89. The lowest BCUT2D eigenvalue weighted by Crippen LogP contribution is -2.66. The number of ether oxygens (including phenoxy) is 2. The molecule has 4 rings (SSSR count). The zero-order valence-electron chi connectivity index (χ0n) is 22.7. The van der Waals surface area contributed by atoms with Gasteiger partial charge in [0.05, 0.1) is 6.20 Å². The highest BCUT2D eigenvalue weighted by Crippen LogP contribution is 2.51. The number of nitrogens with zero attached hydrogens (tertiary/aromatic N) is 2. The number of aromatic nitrogens is 1. The van der Waals surface area contributed by atoms with E-state index in [0.29, 0.717) is 36.9 Å². The van der Waals surface area contributed by atoms with E-state index in [0.717, 1.165) is 11.1 Å². The molecule has 196 valence electrons. The molecule has 1 atom stereocenters. The van der Waals surface area contributed by atoms with Gasteiger partial charge in [-0.1, -0.05) is 75.4 Å². The molecule has 0 unspecified atom stereocenters. The first-order chi connectivity index (χ1) is 17.4. The first-order valence-electron chi connectivity index (χ1n) is 12.8. The van der Waals surface area contributed by atoms with Crippen LogP contribution in [0.2, 0.25) is 0 Å². The van der Waals surface area contributed by atoms with Gasteiger partial charge >= 0.3 is 6.09 Å². The number of carbonyl (C=O) groups excluding carboxylic acids is 1. The molecule has 1 fully saturated rings. The second kappa shape index (κ2) is 10.2. The van der Waals surface area contributed by atoms with Gasteiger partial charge in [-0.2, -0.15) is 0 Å². The van der Waals surface area contributed by atoms with Crippen molar-refractivity contribution in [3.63, 3.8) is 0 Å². The number of rotatable bonds is 7. The standard InChI is InChI=1S/C31H38N2O4/c1-22(2)24-12-14-25(15-13-24)31(35,30(6)20-33(21-30)28(34)37-29(3,4)5)26-16-27(18-32-17-26)36-19-23-10-8-7-9-11-23/h7-18,22,35H,19-21H2,1-6H3/t31-/m0/s1. The minimum atomic E-state index is -1.40. The van der Waals surface area contributed by atoms with Crippen molar-refractivity contribution in [3.8, 4) is 5.75 Å². The smallest absolute Gasteiger partial charge is 0.410 e. The largest absolute Gasteiger partial charge is 0.487 e. The van der Waals surface area contributed by atoms with Crippen LogP contribution in [0.15, 0.2) is 73.1 Å². The molecule has 0 aliphatic carbocycles. The third-order valence-corrected chi connectivity index (χ3v) is 6.98. The summed E-state index contributed by atoms with van der Waals surface area (Å²) in [6, 6.07) is 19.9. The zero-order valence-corrected chi connectivity index (χ0v) is 22.7. The first kappa shape index (κ1) is 26.7. The van der Waals surface area contributed by atoms with E-state index in [2.05, 4.69) is 31.0 Å². The van der Waals surface area contributed by atoms with Crippen LogP contribution >= 0.6 is 0 Å². The second-order valence-corrected chi connectivity index (χ2v) is 11.6. The van der Waals surface area contributed by atoms with E-state index < -0.39 is 16.6 Å². The van der Waals surface area contributed by atoms with Gasteiger partial charge in [0.1, 0.15) is 23.6 Å². The van der Waals surface area contributed by atoms with Crippen molar-refractivity contribution in [2.24, 2.45) is 5.41 Å². The highest BCUT2D eigenvalue weighted by Gasteiger charge is 2.58. The summed E-state index contributed by atoms with van der Waals surface area (Å²) in [4.78, 5) is 18.8. The van der Waals surface area contributed by atoms with Crippen molar-refractivity contribution < 1.29 is 19.4 Å². The van der Waals surface area contributed by atoms with Gasteiger partial charge < -0.3 is 19.5 Å². The third kappa shape index (κ3) is 5.64. The molecule has 6 heteroatoms.